The number of furan rings is 1. The molecule has 1 heterocycles. The van der Waals surface area contributed by atoms with Crippen molar-refractivity contribution < 1.29 is 14.5 Å². The number of rotatable bonds is 8. The van der Waals surface area contributed by atoms with Gasteiger partial charge in [-0.3, -0.25) is 4.79 Å². The summed E-state index contributed by atoms with van der Waals surface area (Å²) in [5.41, 5.74) is 3.38. The second kappa shape index (κ2) is 9.24. The summed E-state index contributed by atoms with van der Waals surface area (Å²) in [6, 6.07) is 22.2. The zero-order chi connectivity index (χ0) is 19.9. The number of amides is 1. The first-order valence-electron chi connectivity index (χ1n) is 9.46. The van der Waals surface area contributed by atoms with Crippen molar-refractivity contribution in [3.63, 3.8) is 0 Å². The van der Waals surface area contributed by atoms with Gasteiger partial charge < -0.3 is 19.5 Å². The van der Waals surface area contributed by atoms with Gasteiger partial charge in [-0.1, -0.05) is 42.5 Å². The number of hydrogen-bond donors (Lipinski definition) is 1. The normalized spacial score (nSPS) is 11.8. The summed E-state index contributed by atoms with van der Waals surface area (Å²) < 4.78 is 5.61. The summed E-state index contributed by atoms with van der Waals surface area (Å²) in [4.78, 5) is 16.5. The van der Waals surface area contributed by atoms with Crippen LogP contribution >= 0.6 is 0 Å². The minimum absolute atomic E-state index is 0.0343. The summed E-state index contributed by atoms with van der Waals surface area (Å²) >= 11 is 0. The van der Waals surface area contributed by atoms with Crippen molar-refractivity contribution in [3.05, 3.63) is 89.9 Å². The third-order valence-corrected chi connectivity index (χ3v) is 4.83. The van der Waals surface area contributed by atoms with Crippen LogP contribution in [-0.4, -0.2) is 38.5 Å². The molecule has 1 atom stereocenters. The van der Waals surface area contributed by atoms with E-state index in [1.54, 1.807) is 11.2 Å². The molecule has 2 N–H and O–H groups in total. The van der Waals surface area contributed by atoms with Crippen molar-refractivity contribution in [2.45, 2.75) is 12.6 Å². The van der Waals surface area contributed by atoms with Gasteiger partial charge in [0.05, 0.1) is 6.26 Å². The molecule has 5 nitrogen and oxygen atoms in total. The predicted octanol–water partition coefficient (Wildman–Crippen LogP) is 2.66. The largest absolute Gasteiger partial charge is 0.463 e. The van der Waals surface area contributed by atoms with Crippen LogP contribution in [0.25, 0.3) is 0 Å². The van der Waals surface area contributed by atoms with Crippen molar-refractivity contribution in [2.24, 2.45) is 0 Å². The molecule has 0 radical (unpaired) electrons. The molecule has 0 spiro atoms. The Morgan fingerprint density at radius 2 is 1.68 bits per heavy atom. The molecule has 0 saturated carbocycles. The number of nitrogens with zero attached hydrogens (tertiary/aromatic N) is 2. The van der Waals surface area contributed by atoms with E-state index in [2.05, 4.69) is 41.3 Å². The van der Waals surface area contributed by atoms with E-state index >= 15 is 0 Å². The minimum atomic E-state index is -0.0343. The standard InChI is InChI=1S/C23H27N3O2/c1-25(2)20-13-11-18(12-14-20)17-26(3)22(27)16-24-23(21-10-7-15-28-21)19-8-5-4-6-9-19/h4-15,23-24H,16-17H2,1-3H3/p+1/t23-/m1/s1. The van der Waals surface area contributed by atoms with Gasteiger partial charge in [0.25, 0.3) is 5.91 Å². The molecule has 3 rings (SSSR count). The van der Waals surface area contributed by atoms with Gasteiger partial charge in [-0.05, 0) is 29.8 Å². The van der Waals surface area contributed by atoms with Crippen LogP contribution in [0.3, 0.4) is 0 Å². The molecule has 2 aromatic carbocycles. The molecule has 28 heavy (non-hydrogen) atoms. The van der Waals surface area contributed by atoms with Crippen LogP contribution in [0.2, 0.25) is 0 Å². The fraction of sp³-hybridized carbons (Fsp3) is 0.261. The first-order valence-corrected chi connectivity index (χ1v) is 9.46. The van der Waals surface area contributed by atoms with Gasteiger partial charge >= 0.3 is 0 Å². The lowest BCUT2D eigenvalue weighted by molar-refractivity contribution is -0.679. The van der Waals surface area contributed by atoms with Gasteiger partial charge in [-0.2, -0.15) is 0 Å². The summed E-state index contributed by atoms with van der Waals surface area (Å²) in [5, 5.41) is 2.03. The lowest BCUT2D eigenvalue weighted by Crippen LogP contribution is -2.87. The Morgan fingerprint density at radius 3 is 2.29 bits per heavy atom. The summed E-state index contributed by atoms with van der Waals surface area (Å²) in [6.07, 6.45) is 1.67. The second-order valence-corrected chi connectivity index (χ2v) is 7.15. The first-order chi connectivity index (χ1) is 13.5. The molecule has 0 aliphatic heterocycles. The predicted molar refractivity (Wildman–Crippen MR) is 111 cm³/mol. The molecule has 1 aromatic heterocycles. The average Bonchev–Trinajstić information content (AvgIpc) is 3.23. The van der Waals surface area contributed by atoms with E-state index in [4.69, 9.17) is 4.42 Å². The fourth-order valence-electron chi connectivity index (χ4n) is 3.18. The van der Waals surface area contributed by atoms with Crippen molar-refractivity contribution >= 4 is 11.6 Å². The molecular weight excluding hydrogens is 350 g/mol. The van der Waals surface area contributed by atoms with Crippen molar-refractivity contribution in [1.82, 2.24) is 4.90 Å². The van der Waals surface area contributed by atoms with Crippen LogP contribution in [0.15, 0.2) is 77.4 Å². The molecule has 0 fully saturated rings. The lowest BCUT2D eigenvalue weighted by Gasteiger charge is -2.19. The van der Waals surface area contributed by atoms with E-state index in [1.165, 1.54) is 0 Å². The van der Waals surface area contributed by atoms with Gasteiger partial charge in [0, 0.05) is 38.9 Å². The van der Waals surface area contributed by atoms with Gasteiger partial charge in [0.1, 0.15) is 0 Å². The Labute approximate surface area is 166 Å². The van der Waals surface area contributed by atoms with Crippen LogP contribution in [0.5, 0.6) is 0 Å². The number of nitrogens with two attached hydrogens (primary N) is 1. The number of anilines is 1. The maximum Gasteiger partial charge on any atom is 0.277 e. The lowest BCUT2D eigenvalue weighted by atomic mass is 10.0. The SMILES string of the molecule is CN(Cc1ccc(N(C)C)cc1)C(=O)C[NH2+][C@H](c1ccccc1)c1ccco1. The highest BCUT2D eigenvalue weighted by Gasteiger charge is 2.22. The van der Waals surface area contributed by atoms with E-state index in [0.717, 1.165) is 22.6 Å². The fourth-order valence-corrected chi connectivity index (χ4v) is 3.18. The van der Waals surface area contributed by atoms with Crippen LogP contribution < -0.4 is 10.2 Å². The number of quaternary nitrogens is 1. The van der Waals surface area contributed by atoms with Gasteiger partial charge in [0.2, 0.25) is 0 Å². The zero-order valence-corrected chi connectivity index (χ0v) is 16.7. The van der Waals surface area contributed by atoms with E-state index < -0.39 is 0 Å². The van der Waals surface area contributed by atoms with E-state index in [1.807, 2.05) is 56.8 Å². The minimum Gasteiger partial charge on any atom is -0.463 e. The topological polar surface area (TPSA) is 53.3 Å². The number of carbonyl (C=O) groups excluding carboxylic acids is 1. The number of hydrogen-bond acceptors (Lipinski definition) is 3. The van der Waals surface area contributed by atoms with E-state index in [0.29, 0.717) is 13.1 Å². The number of likely N-dealkylation sites (N-methyl/N-ethyl adjacent to an activating group) is 1. The molecule has 3 aromatic rings. The Morgan fingerprint density at radius 1 is 0.964 bits per heavy atom. The summed E-state index contributed by atoms with van der Waals surface area (Å²) in [5.74, 6) is 0.935. The highest BCUT2D eigenvalue weighted by molar-refractivity contribution is 5.76. The van der Waals surface area contributed by atoms with Crippen molar-refractivity contribution in [3.8, 4) is 0 Å². The maximum absolute atomic E-state index is 12.7. The monoisotopic (exact) mass is 378 g/mol. The van der Waals surface area contributed by atoms with Gasteiger partial charge in [0.15, 0.2) is 18.3 Å². The average molecular weight is 378 g/mol. The molecule has 0 unspecified atom stereocenters. The van der Waals surface area contributed by atoms with Crippen molar-refractivity contribution in [2.75, 3.05) is 32.6 Å². The van der Waals surface area contributed by atoms with Crippen molar-refractivity contribution in [1.29, 1.82) is 0 Å². The number of benzene rings is 2. The molecule has 0 saturated heterocycles. The molecule has 146 valence electrons. The number of carbonyl (C=O) groups is 1. The van der Waals surface area contributed by atoms with Crippen LogP contribution in [0.1, 0.15) is 22.9 Å². The van der Waals surface area contributed by atoms with Crippen LogP contribution in [0, 0.1) is 0 Å². The highest BCUT2D eigenvalue weighted by Crippen LogP contribution is 2.18. The Hall–Kier alpha value is -3.05. The Balaban J connectivity index is 1.61. The van der Waals surface area contributed by atoms with Gasteiger partial charge in [-0.25, -0.2) is 0 Å². The zero-order valence-electron chi connectivity index (χ0n) is 16.7. The summed E-state index contributed by atoms with van der Waals surface area (Å²) in [7, 11) is 5.88. The quantitative estimate of drug-likeness (QED) is 0.656. The third-order valence-electron chi connectivity index (χ3n) is 4.83. The smallest absolute Gasteiger partial charge is 0.277 e. The Kier molecular flexibility index (Phi) is 6.50. The van der Waals surface area contributed by atoms with E-state index in [-0.39, 0.29) is 11.9 Å². The molecule has 1 amide bonds. The van der Waals surface area contributed by atoms with Crippen LogP contribution in [-0.2, 0) is 11.3 Å². The first kappa shape index (κ1) is 19.7. The molecular formula is C23H28N3O2+. The van der Waals surface area contributed by atoms with Gasteiger partial charge in [-0.15, -0.1) is 0 Å². The molecule has 0 aliphatic rings. The Bertz CT molecular complexity index is 859. The molecule has 0 aliphatic carbocycles. The van der Waals surface area contributed by atoms with E-state index in [9.17, 15) is 4.79 Å². The molecule has 0 bridgehead atoms. The summed E-state index contributed by atoms with van der Waals surface area (Å²) in [6.45, 7) is 0.948. The highest BCUT2D eigenvalue weighted by atomic mass is 16.3. The molecule has 5 heteroatoms. The second-order valence-electron chi connectivity index (χ2n) is 7.15. The third kappa shape index (κ3) is 5.02. The van der Waals surface area contributed by atoms with Crippen LogP contribution in [0.4, 0.5) is 5.69 Å². The maximum atomic E-state index is 12.7.